The van der Waals surface area contributed by atoms with Crippen molar-refractivity contribution in [2.24, 2.45) is 0 Å². The minimum atomic E-state index is -0.916. The van der Waals surface area contributed by atoms with E-state index in [1.54, 1.807) is 37.5 Å². The predicted molar refractivity (Wildman–Crippen MR) is 97.4 cm³/mol. The largest absolute Gasteiger partial charge is 0.497 e. The second-order valence-corrected chi connectivity index (χ2v) is 5.55. The van der Waals surface area contributed by atoms with Crippen molar-refractivity contribution in [2.75, 3.05) is 12.4 Å². The molecule has 5 heteroatoms. The standard InChI is InChI=1S/C20H21NO4/c1-14-6-4-7-16(12-14)10-11-19(22)25-15(2)20(23)21-17-8-5-9-18(13-17)24-3/h4-13,15H,1-3H3,(H,21,23)/b11-10+/t15-/m0/s1. The van der Waals surface area contributed by atoms with Gasteiger partial charge in [-0.15, -0.1) is 0 Å². The van der Waals surface area contributed by atoms with Crippen molar-refractivity contribution in [3.63, 3.8) is 0 Å². The summed E-state index contributed by atoms with van der Waals surface area (Å²) in [6.45, 7) is 3.49. The van der Waals surface area contributed by atoms with Gasteiger partial charge in [0.25, 0.3) is 5.91 Å². The second kappa shape index (κ2) is 8.68. The summed E-state index contributed by atoms with van der Waals surface area (Å²) in [5, 5.41) is 2.68. The van der Waals surface area contributed by atoms with Crippen LogP contribution in [0.2, 0.25) is 0 Å². The van der Waals surface area contributed by atoms with Gasteiger partial charge >= 0.3 is 5.97 Å². The molecular formula is C20H21NO4. The zero-order chi connectivity index (χ0) is 18.2. The summed E-state index contributed by atoms with van der Waals surface area (Å²) in [4.78, 5) is 24.0. The highest BCUT2D eigenvalue weighted by Crippen LogP contribution is 2.17. The van der Waals surface area contributed by atoms with Gasteiger partial charge in [0, 0.05) is 17.8 Å². The summed E-state index contributed by atoms with van der Waals surface area (Å²) in [6, 6.07) is 14.7. The molecule has 25 heavy (non-hydrogen) atoms. The van der Waals surface area contributed by atoms with Gasteiger partial charge in [0.15, 0.2) is 6.10 Å². The molecule has 0 saturated carbocycles. The average Bonchev–Trinajstić information content (AvgIpc) is 2.60. The Morgan fingerprint density at radius 3 is 2.60 bits per heavy atom. The number of methoxy groups -OCH3 is 1. The third kappa shape index (κ3) is 5.80. The number of amides is 1. The number of carbonyl (C=O) groups excluding carboxylic acids is 2. The minimum Gasteiger partial charge on any atom is -0.497 e. The fraction of sp³-hybridized carbons (Fsp3) is 0.200. The van der Waals surface area contributed by atoms with Crippen LogP contribution in [0, 0.1) is 6.92 Å². The number of nitrogens with one attached hydrogen (secondary N) is 1. The lowest BCUT2D eigenvalue weighted by atomic mass is 10.1. The van der Waals surface area contributed by atoms with E-state index >= 15 is 0 Å². The number of anilines is 1. The average molecular weight is 339 g/mol. The Morgan fingerprint density at radius 1 is 1.12 bits per heavy atom. The smallest absolute Gasteiger partial charge is 0.331 e. The molecule has 0 spiro atoms. The maximum atomic E-state index is 12.1. The first-order chi connectivity index (χ1) is 12.0. The van der Waals surface area contributed by atoms with E-state index in [2.05, 4.69) is 5.32 Å². The lowest BCUT2D eigenvalue weighted by Gasteiger charge is -2.13. The van der Waals surface area contributed by atoms with Crippen molar-refractivity contribution in [1.29, 1.82) is 0 Å². The highest BCUT2D eigenvalue weighted by Gasteiger charge is 2.16. The molecule has 1 atom stereocenters. The van der Waals surface area contributed by atoms with Crippen LogP contribution in [0.3, 0.4) is 0 Å². The Bertz CT molecular complexity index is 783. The summed E-state index contributed by atoms with van der Waals surface area (Å²) >= 11 is 0. The van der Waals surface area contributed by atoms with Crippen LogP contribution in [0.25, 0.3) is 6.08 Å². The zero-order valence-corrected chi connectivity index (χ0v) is 14.5. The van der Waals surface area contributed by atoms with E-state index in [1.807, 2.05) is 31.2 Å². The van der Waals surface area contributed by atoms with Gasteiger partial charge in [0.05, 0.1) is 7.11 Å². The first-order valence-corrected chi connectivity index (χ1v) is 7.88. The van der Waals surface area contributed by atoms with E-state index in [9.17, 15) is 9.59 Å². The maximum absolute atomic E-state index is 12.1. The van der Waals surface area contributed by atoms with Gasteiger partial charge in [0.2, 0.25) is 0 Å². The number of ether oxygens (including phenoxy) is 2. The number of rotatable bonds is 6. The Kier molecular flexibility index (Phi) is 6.34. The fourth-order valence-electron chi connectivity index (χ4n) is 2.15. The summed E-state index contributed by atoms with van der Waals surface area (Å²) < 4.78 is 10.2. The molecule has 0 radical (unpaired) electrons. The number of aryl methyl sites for hydroxylation is 1. The van der Waals surface area contributed by atoms with Gasteiger partial charge in [-0.3, -0.25) is 4.79 Å². The molecule has 0 heterocycles. The first-order valence-electron chi connectivity index (χ1n) is 7.88. The van der Waals surface area contributed by atoms with Gasteiger partial charge in [-0.25, -0.2) is 4.79 Å². The van der Waals surface area contributed by atoms with E-state index in [0.717, 1.165) is 11.1 Å². The number of carbonyl (C=O) groups is 2. The lowest BCUT2D eigenvalue weighted by Crippen LogP contribution is -2.29. The van der Waals surface area contributed by atoms with Crippen LogP contribution >= 0.6 is 0 Å². The summed E-state index contributed by atoms with van der Waals surface area (Å²) in [5.41, 5.74) is 2.56. The van der Waals surface area contributed by atoms with Crippen molar-refractivity contribution in [3.8, 4) is 5.75 Å². The van der Waals surface area contributed by atoms with E-state index in [4.69, 9.17) is 9.47 Å². The van der Waals surface area contributed by atoms with E-state index in [-0.39, 0.29) is 0 Å². The molecule has 2 aromatic rings. The molecule has 130 valence electrons. The molecule has 0 saturated heterocycles. The van der Waals surface area contributed by atoms with Gasteiger partial charge in [-0.05, 0) is 37.6 Å². The zero-order valence-electron chi connectivity index (χ0n) is 14.5. The fourth-order valence-corrected chi connectivity index (χ4v) is 2.15. The highest BCUT2D eigenvalue weighted by molar-refractivity contribution is 5.96. The second-order valence-electron chi connectivity index (χ2n) is 5.55. The van der Waals surface area contributed by atoms with E-state index in [1.165, 1.54) is 13.0 Å². The van der Waals surface area contributed by atoms with Gasteiger partial charge < -0.3 is 14.8 Å². The molecule has 0 bridgehead atoms. The van der Waals surface area contributed by atoms with Crippen LogP contribution < -0.4 is 10.1 Å². The molecule has 5 nitrogen and oxygen atoms in total. The van der Waals surface area contributed by atoms with Crippen LogP contribution in [-0.2, 0) is 14.3 Å². The van der Waals surface area contributed by atoms with Crippen molar-refractivity contribution in [2.45, 2.75) is 20.0 Å². The summed E-state index contributed by atoms with van der Waals surface area (Å²) in [7, 11) is 1.55. The molecular weight excluding hydrogens is 318 g/mol. The normalized spacial score (nSPS) is 11.8. The number of esters is 1. The van der Waals surface area contributed by atoms with E-state index < -0.39 is 18.0 Å². The number of hydrogen-bond acceptors (Lipinski definition) is 4. The van der Waals surface area contributed by atoms with Gasteiger partial charge in [-0.1, -0.05) is 35.9 Å². The van der Waals surface area contributed by atoms with Crippen LogP contribution in [0.15, 0.2) is 54.6 Å². The Balaban J connectivity index is 1.90. The molecule has 0 fully saturated rings. The van der Waals surface area contributed by atoms with Crippen molar-refractivity contribution in [1.82, 2.24) is 0 Å². The van der Waals surface area contributed by atoms with Crippen LogP contribution in [0.4, 0.5) is 5.69 Å². The summed E-state index contributed by atoms with van der Waals surface area (Å²) in [6.07, 6.45) is 2.05. The van der Waals surface area contributed by atoms with Crippen molar-refractivity contribution in [3.05, 3.63) is 65.7 Å². The van der Waals surface area contributed by atoms with Crippen LogP contribution in [0.1, 0.15) is 18.1 Å². The third-order valence-corrected chi connectivity index (χ3v) is 3.45. The molecule has 2 aromatic carbocycles. The molecule has 0 aliphatic heterocycles. The van der Waals surface area contributed by atoms with Gasteiger partial charge in [-0.2, -0.15) is 0 Å². The minimum absolute atomic E-state index is 0.412. The Hall–Kier alpha value is -3.08. The van der Waals surface area contributed by atoms with Crippen molar-refractivity contribution >= 4 is 23.6 Å². The lowest BCUT2D eigenvalue weighted by molar-refractivity contribution is -0.148. The van der Waals surface area contributed by atoms with Crippen molar-refractivity contribution < 1.29 is 19.1 Å². The van der Waals surface area contributed by atoms with Crippen LogP contribution in [-0.4, -0.2) is 25.1 Å². The predicted octanol–water partition coefficient (Wildman–Crippen LogP) is 3.59. The third-order valence-electron chi connectivity index (χ3n) is 3.45. The maximum Gasteiger partial charge on any atom is 0.331 e. The van der Waals surface area contributed by atoms with Crippen LogP contribution in [0.5, 0.6) is 5.75 Å². The monoisotopic (exact) mass is 339 g/mol. The van der Waals surface area contributed by atoms with Gasteiger partial charge in [0.1, 0.15) is 5.75 Å². The number of hydrogen-bond donors (Lipinski definition) is 1. The summed E-state index contributed by atoms with van der Waals surface area (Å²) in [5.74, 6) is -0.358. The highest BCUT2D eigenvalue weighted by atomic mass is 16.5. The molecule has 0 aromatic heterocycles. The molecule has 0 aliphatic rings. The Morgan fingerprint density at radius 2 is 1.88 bits per heavy atom. The quantitative estimate of drug-likeness (QED) is 0.645. The molecule has 1 N–H and O–H groups in total. The SMILES string of the molecule is COc1cccc(NC(=O)[C@H](C)OC(=O)/C=C/c2cccc(C)c2)c1. The van der Waals surface area contributed by atoms with E-state index in [0.29, 0.717) is 11.4 Å². The first kappa shape index (κ1) is 18.3. The number of benzene rings is 2. The molecule has 0 unspecified atom stereocenters. The molecule has 1 amide bonds. The topological polar surface area (TPSA) is 64.6 Å². The molecule has 2 rings (SSSR count). The molecule has 0 aliphatic carbocycles. The Labute approximate surface area is 147 Å².